The standard InChI is InChI=1S/C17H23N3O3S/c1-4-13(3)19-17-11-6-14(12-18-17)20-24(21,22)16-9-7-15(8-10-16)23-5-2/h6-13,20H,4-5H2,1-3H3,(H,18,19). The van der Waals surface area contributed by atoms with Gasteiger partial charge in [-0.05, 0) is 56.7 Å². The van der Waals surface area contributed by atoms with E-state index in [9.17, 15) is 8.42 Å². The maximum atomic E-state index is 12.4. The minimum atomic E-state index is -3.65. The van der Waals surface area contributed by atoms with Crippen molar-refractivity contribution >= 4 is 21.5 Å². The Morgan fingerprint density at radius 2 is 1.83 bits per heavy atom. The lowest BCUT2D eigenvalue weighted by molar-refractivity contribution is 0.340. The van der Waals surface area contributed by atoms with Crippen LogP contribution in [-0.4, -0.2) is 26.1 Å². The first-order chi connectivity index (χ1) is 11.4. The predicted molar refractivity (Wildman–Crippen MR) is 96.0 cm³/mol. The molecular weight excluding hydrogens is 326 g/mol. The Kier molecular flexibility index (Phi) is 6.03. The molecule has 0 aliphatic heterocycles. The molecule has 0 saturated heterocycles. The molecular formula is C17H23N3O3S. The van der Waals surface area contributed by atoms with Crippen molar-refractivity contribution < 1.29 is 13.2 Å². The summed E-state index contributed by atoms with van der Waals surface area (Å²) in [5, 5.41) is 3.23. The number of pyridine rings is 1. The number of ether oxygens (including phenoxy) is 1. The van der Waals surface area contributed by atoms with Crippen LogP contribution in [0.5, 0.6) is 5.75 Å². The summed E-state index contributed by atoms with van der Waals surface area (Å²) in [6.07, 6.45) is 2.48. The normalized spacial score (nSPS) is 12.5. The highest BCUT2D eigenvalue weighted by Gasteiger charge is 2.14. The van der Waals surface area contributed by atoms with Crippen LogP contribution < -0.4 is 14.8 Å². The number of anilines is 2. The van der Waals surface area contributed by atoms with Crippen molar-refractivity contribution in [3.63, 3.8) is 0 Å². The molecule has 0 saturated carbocycles. The maximum absolute atomic E-state index is 12.4. The van der Waals surface area contributed by atoms with Crippen LogP contribution in [0.4, 0.5) is 11.5 Å². The van der Waals surface area contributed by atoms with Crippen LogP contribution in [0.2, 0.25) is 0 Å². The summed E-state index contributed by atoms with van der Waals surface area (Å²) in [5.41, 5.74) is 0.415. The van der Waals surface area contributed by atoms with Gasteiger partial charge in [-0.25, -0.2) is 13.4 Å². The molecule has 2 rings (SSSR count). The topological polar surface area (TPSA) is 80.3 Å². The molecule has 6 nitrogen and oxygen atoms in total. The summed E-state index contributed by atoms with van der Waals surface area (Å²) in [6, 6.07) is 10.0. The number of sulfonamides is 1. The first-order valence-corrected chi connectivity index (χ1v) is 9.41. The maximum Gasteiger partial charge on any atom is 0.261 e. The molecule has 1 atom stereocenters. The van der Waals surface area contributed by atoms with Crippen molar-refractivity contribution in [1.29, 1.82) is 0 Å². The lowest BCUT2D eigenvalue weighted by atomic mass is 10.2. The Labute approximate surface area is 143 Å². The lowest BCUT2D eigenvalue weighted by Gasteiger charge is -2.13. The van der Waals surface area contributed by atoms with E-state index >= 15 is 0 Å². The molecule has 24 heavy (non-hydrogen) atoms. The Balaban J connectivity index is 2.08. The van der Waals surface area contributed by atoms with Crippen LogP contribution >= 0.6 is 0 Å². The lowest BCUT2D eigenvalue weighted by Crippen LogP contribution is -2.15. The van der Waals surface area contributed by atoms with Gasteiger partial charge in [0.1, 0.15) is 11.6 Å². The molecule has 0 amide bonds. The monoisotopic (exact) mass is 349 g/mol. The highest BCUT2D eigenvalue weighted by atomic mass is 32.2. The smallest absolute Gasteiger partial charge is 0.261 e. The fourth-order valence-electron chi connectivity index (χ4n) is 1.99. The molecule has 0 aliphatic rings. The van der Waals surface area contributed by atoms with Crippen LogP contribution in [-0.2, 0) is 10.0 Å². The van der Waals surface area contributed by atoms with Gasteiger partial charge in [-0.15, -0.1) is 0 Å². The first-order valence-electron chi connectivity index (χ1n) is 7.93. The number of rotatable bonds is 8. The second-order valence-electron chi connectivity index (χ2n) is 5.40. The summed E-state index contributed by atoms with van der Waals surface area (Å²) < 4.78 is 32.6. The van der Waals surface area contributed by atoms with Gasteiger partial charge in [0, 0.05) is 6.04 Å². The summed E-state index contributed by atoms with van der Waals surface area (Å²) in [5.74, 6) is 1.35. The zero-order chi connectivity index (χ0) is 17.6. The second-order valence-corrected chi connectivity index (χ2v) is 7.08. The molecule has 0 fully saturated rings. The largest absolute Gasteiger partial charge is 0.494 e. The minimum Gasteiger partial charge on any atom is -0.494 e. The van der Waals surface area contributed by atoms with Gasteiger partial charge in [0.2, 0.25) is 0 Å². The van der Waals surface area contributed by atoms with Gasteiger partial charge < -0.3 is 10.1 Å². The van der Waals surface area contributed by atoms with Gasteiger partial charge in [-0.3, -0.25) is 4.72 Å². The SMILES string of the molecule is CCOc1ccc(S(=O)(=O)Nc2ccc(NC(C)CC)nc2)cc1. The average molecular weight is 349 g/mol. The fraction of sp³-hybridized carbons (Fsp3) is 0.353. The third-order valence-electron chi connectivity index (χ3n) is 3.47. The molecule has 7 heteroatoms. The van der Waals surface area contributed by atoms with E-state index in [-0.39, 0.29) is 4.90 Å². The molecule has 0 radical (unpaired) electrons. The van der Waals surface area contributed by atoms with Crippen molar-refractivity contribution in [3.8, 4) is 5.75 Å². The molecule has 0 bridgehead atoms. The number of nitrogens with one attached hydrogen (secondary N) is 2. The Hall–Kier alpha value is -2.28. The summed E-state index contributed by atoms with van der Waals surface area (Å²) in [6.45, 7) is 6.55. The van der Waals surface area contributed by atoms with Crippen molar-refractivity contribution in [3.05, 3.63) is 42.6 Å². The highest BCUT2D eigenvalue weighted by molar-refractivity contribution is 7.92. The average Bonchev–Trinajstić information content (AvgIpc) is 2.57. The van der Waals surface area contributed by atoms with E-state index in [4.69, 9.17) is 4.74 Å². The van der Waals surface area contributed by atoms with Crippen LogP contribution in [0.1, 0.15) is 27.2 Å². The van der Waals surface area contributed by atoms with E-state index in [0.717, 1.165) is 6.42 Å². The number of hydrogen-bond donors (Lipinski definition) is 2. The van der Waals surface area contributed by atoms with E-state index < -0.39 is 10.0 Å². The number of hydrogen-bond acceptors (Lipinski definition) is 5. The van der Waals surface area contributed by atoms with Gasteiger partial charge in [0.25, 0.3) is 10.0 Å². The Bertz CT molecular complexity index is 744. The molecule has 1 aromatic carbocycles. The second kappa shape index (κ2) is 8.01. The molecule has 0 aliphatic carbocycles. The number of benzene rings is 1. The van der Waals surface area contributed by atoms with Crippen molar-refractivity contribution in [2.75, 3.05) is 16.6 Å². The van der Waals surface area contributed by atoms with Crippen molar-refractivity contribution in [2.45, 2.75) is 38.1 Å². The summed E-state index contributed by atoms with van der Waals surface area (Å²) in [4.78, 5) is 4.40. The van der Waals surface area contributed by atoms with Gasteiger partial charge in [0.05, 0.1) is 23.4 Å². The van der Waals surface area contributed by atoms with Gasteiger partial charge in [-0.1, -0.05) is 6.92 Å². The molecule has 2 N–H and O–H groups in total. The van der Waals surface area contributed by atoms with Gasteiger partial charge >= 0.3 is 0 Å². The summed E-state index contributed by atoms with van der Waals surface area (Å²) >= 11 is 0. The third-order valence-corrected chi connectivity index (χ3v) is 4.86. The zero-order valence-electron chi connectivity index (χ0n) is 14.1. The van der Waals surface area contributed by atoms with Crippen LogP contribution in [0.15, 0.2) is 47.5 Å². The molecule has 130 valence electrons. The minimum absolute atomic E-state index is 0.174. The van der Waals surface area contributed by atoms with Gasteiger partial charge in [-0.2, -0.15) is 0 Å². The Morgan fingerprint density at radius 1 is 1.12 bits per heavy atom. The predicted octanol–water partition coefficient (Wildman–Crippen LogP) is 3.49. The van der Waals surface area contributed by atoms with E-state index in [1.165, 1.54) is 18.3 Å². The first kappa shape index (κ1) is 18.1. The molecule has 0 spiro atoms. The van der Waals surface area contributed by atoms with E-state index in [1.807, 2.05) is 6.92 Å². The molecule has 2 aromatic rings. The van der Waals surface area contributed by atoms with E-state index in [0.29, 0.717) is 29.9 Å². The third kappa shape index (κ3) is 4.86. The van der Waals surface area contributed by atoms with Crippen molar-refractivity contribution in [1.82, 2.24) is 4.98 Å². The van der Waals surface area contributed by atoms with Crippen LogP contribution in [0.25, 0.3) is 0 Å². The zero-order valence-corrected chi connectivity index (χ0v) is 14.9. The van der Waals surface area contributed by atoms with E-state index in [2.05, 4.69) is 28.9 Å². The number of aromatic nitrogens is 1. The van der Waals surface area contributed by atoms with Crippen LogP contribution in [0.3, 0.4) is 0 Å². The Morgan fingerprint density at radius 3 is 2.38 bits per heavy atom. The van der Waals surface area contributed by atoms with Crippen LogP contribution in [0, 0.1) is 0 Å². The summed E-state index contributed by atoms with van der Waals surface area (Å²) in [7, 11) is -3.65. The van der Waals surface area contributed by atoms with Crippen molar-refractivity contribution in [2.24, 2.45) is 0 Å². The molecule has 1 heterocycles. The highest BCUT2D eigenvalue weighted by Crippen LogP contribution is 2.19. The molecule has 1 unspecified atom stereocenters. The fourth-order valence-corrected chi connectivity index (χ4v) is 3.03. The number of nitrogens with zero attached hydrogens (tertiary/aromatic N) is 1. The van der Waals surface area contributed by atoms with Gasteiger partial charge in [0.15, 0.2) is 0 Å². The van der Waals surface area contributed by atoms with E-state index in [1.54, 1.807) is 24.3 Å². The molecule has 1 aromatic heterocycles. The quantitative estimate of drug-likeness (QED) is 0.762.